The Morgan fingerprint density at radius 3 is 2.51 bits per heavy atom. The van der Waals surface area contributed by atoms with Gasteiger partial charge in [0.1, 0.15) is 5.69 Å². The molecular formula is C24H29N7O4. The van der Waals surface area contributed by atoms with Crippen LogP contribution in [0.5, 0.6) is 5.88 Å². The van der Waals surface area contributed by atoms with Crippen LogP contribution in [0.4, 0.5) is 17.3 Å². The molecule has 4 rings (SSSR count). The number of nitrogens with zero attached hydrogens (tertiary/aromatic N) is 5. The molecule has 0 bridgehead atoms. The Morgan fingerprint density at radius 1 is 1.11 bits per heavy atom. The van der Waals surface area contributed by atoms with Gasteiger partial charge in [-0.1, -0.05) is 30.2 Å². The summed E-state index contributed by atoms with van der Waals surface area (Å²) in [6.07, 6.45) is 5.92. The Hall–Kier alpha value is -4.02. The van der Waals surface area contributed by atoms with Gasteiger partial charge in [0.05, 0.1) is 30.3 Å². The number of carbonyl (C=O) groups excluding carboxylic acids is 1. The maximum atomic E-state index is 12.8. The fraction of sp³-hybridized carbons (Fsp3) is 0.417. The van der Waals surface area contributed by atoms with Gasteiger partial charge in [0, 0.05) is 18.3 Å². The highest BCUT2D eigenvalue weighted by Gasteiger charge is 2.35. The van der Waals surface area contributed by atoms with E-state index >= 15 is 0 Å². The van der Waals surface area contributed by atoms with E-state index < -0.39 is 17.8 Å². The molecule has 0 radical (unpaired) electrons. The van der Waals surface area contributed by atoms with Gasteiger partial charge < -0.3 is 20.5 Å². The van der Waals surface area contributed by atoms with Crippen molar-refractivity contribution in [3.8, 4) is 17.1 Å². The first-order chi connectivity index (χ1) is 16.8. The number of aromatic nitrogens is 5. The minimum Gasteiger partial charge on any atom is -0.481 e. The molecule has 3 N–H and O–H groups in total. The summed E-state index contributed by atoms with van der Waals surface area (Å²) in [6, 6.07) is 7.18. The van der Waals surface area contributed by atoms with Crippen LogP contribution in [0.3, 0.4) is 0 Å². The average Bonchev–Trinajstić information content (AvgIpc) is 3.19. The van der Waals surface area contributed by atoms with E-state index in [0.717, 1.165) is 18.4 Å². The minimum atomic E-state index is -0.908. The van der Waals surface area contributed by atoms with Gasteiger partial charge in [-0.05, 0) is 38.8 Å². The molecule has 1 aromatic carbocycles. The number of nitrogens with one attached hydrogen (secondary N) is 2. The molecule has 2 aromatic heterocycles. The lowest BCUT2D eigenvalue weighted by Crippen LogP contribution is -2.36. The van der Waals surface area contributed by atoms with Crippen molar-refractivity contribution < 1.29 is 19.4 Å². The van der Waals surface area contributed by atoms with Crippen molar-refractivity contribution in [3.63, 3.8) is 0 Å². The minimum absolute atomic E-state index is 0.0272. The maximum absolute atomic E-state index is 12.8. The SMILES string of the molecule is CC(C)Oc1cncc(Nc2c(-c3ccc(NC(=O)C4CCCCC4C(=O)O)cc3)nnn2C)n1. The number of carboxylic acids is 1. The number of carboxylic acid groups (broad SMARTS) is 1. The second-order valence-corrected chi connectivity index (χ2v) is 8.85. The zero-order valence-corrected chi connectivity index (χ0v) is 19.9. The number of rotatable bonds is 8. The van der Waals surface area contributed by atoms with Crippen LogP contribution in [0.15, 0.2) is 36.7 Å². The lowest BCUT2D eigenvalue weighted by Gasteiger charge is -2.27. The second-order valence-electron chi connectivity index (χ2n) is 8.85. The lowest BCUT2D eigenvalue weighted by molar-refractivity contribution is -0.147. The predicted molar refractivity (Wildman–Crippen MR) is 129 cm³/mol. The van der Waals surface area contributed by atoms with Gasteiger partial charge in [-0.3, -0.25) is 14.6 Å². The average molecular weight is 480 g/mol. The first kappa shape index (κ1) is 24.1. The third-order valence-corrected chi connectivity index (χ3v) is 5.89. The highest BCUT2D eigenvalue weighted by atomic mass is 16.5. The van der Waals surface area contributed by atoms with Crippen LogP contribution in [0, 0.1) is 11.8 Å². The number of hydrogen-bond donors (Lipinski definition) is 3. The zero-order valence-electron chi connectivity index (χ0n) is 19.9. The van der Waals surface area contributed by atoms with Crippen LogP contribution in [0.2, 0.25) is 0 Å². The van der Waals surface area contributed by atoms with Crippen LogP contribution in [-0.2, 0) is 16.6 Å². The van der Waals surface area contributed by atoms with Crippen LogP contribution < -0.4 is 15.4 Å². The molecule has 35 heavy (non-hydrogen) atoms. The van der Waals surface area contributed by atoms with Crippen LogP contribution >= 0.6 is 0 Å². The summed E-state index contributed by atoms with van der Waals surface area (Å²) in [7, 11) is 1.76. The number of aryl methyl sites for hydroxylation is 1. The molecule has 1 aliphatic rings. The van der Waals surface area contributed by atoms with E-state index in [1.165, 1.54) is 0 Å². The Balaban J connectivity index is 1.48. The summed E-state index contributed by atoms with van der Waals surface area (Å²) >= 11 is 0. The van der Waals surface area contributed by atoms with Gasteiger partial charge in [0.15, 0.2) is 11.6 Å². The number of aliphatic carboxylic acids is 1. The summed E-state index contributed by atoms with van der Waals surface area (Å²) in [5.74, 6) is -0.812. The molecule has 1 saturated carbocycles. The molecule has 184 valence electrons. The second kappa shape index (κ2) is 10.5. The lowest BCUT2D eigenvalue weighted by atomic mass is 9.78. The number of anilines is 3. The highest BCUT2D eigenvalue weighted by Crippen LogP contribution is 2.32. The van der Waals surface area contributed by atoms with E-state index in [2.05, 4.69) is 30.9 Å². The van der Waals surface area contributed by atoms with Crippen LogP contribution in [0.25, 0.3) is 11.3 Å². The third-order valence-electron chi connectivity index (χ3n) is 5.89. The Labute approximate surface area is 202 Å². The van der Waals surface area contributed by atoms with Gasteiger partial charge in [-0.2, -0.15) is 4.98 Å². The third kappa shape index (κ3) is 5.73. The summed E-state index contributed by atoms with van der Waals surface area (Å²) in [4.78, 5) is 32.9. The summed E-state index contributed by atoms with van der Waals surface area (Å²) in [5.41, 5.74) is 1.97. The van der Waals surface area contributed by atoms with E-state index in [1.807, 2.05) is 26.0 Å². The van der Waals surface area contributed by atoms with E-state index in [9.17, 15) is 14.7 Å². The molecule has 2 atom stereocenters. The molecule has 2 unspecified atom stereocenters. The quantitative estimate of drug-likeness (QED) is 0.441. The van der Waals surface area contributed by atoms with Gasteiger partial charge in [-0.25, -0.2) is 4.68 Å². The first-order valence-corrected chi connectivity index (χ1v) is 11.6. The molecule has 0 spiro atoms. The number of amides is 1. The molecule has 3 aromatic rings. The van der Waals surface area contributed by atoms with Crippen molar-refractivity contribution in [3.05, 3.63) is 36.7 Å². The largest absolute Gasteiger partial charge is 0.481 e. The number of ether oxygens (including phenoxy) is 1. The Bertz CT molecular complexity index is 1190. The van der Waals surface area contributed by atoms with Crippen molar-refractivity contribution in [1.82, 2.24) is 25.0 Å². The predicted octanol–water partition coefficient (Wildman–Crippen LogP) is 3.63. The summed E-state index contributed by atoms with van der Waals surface area (Å²) < 4.78 is 7.20. The Kier molecular flexibility index (Phi) is 7.23. The number of hydrogen-bond acceptors (Lipinski definition) is 8. The number of benzene rings is 1. The molecule has 1 aliphatic carbocycles. The molecule has 11 heteroatoms. The standard InChI is InChI=1S/C24H29N7O4/c1-14(2)35-20-13-25-12-19(27-20)28-22-21(29-30-31(22)3)15-8-10-16(11-9-15)26-23(32)17-6-4-5-7-18(17)24(33)34/h8-14,17-18H,4-7H2,1-3H3,(H,26,32)(H,27,28)(H,33,34). The van der Waals surface area contributed by atoms with Crippen molar-refractivity contribution in [2.75, 3.05) is 10.6 Å². The monoisotopic (exact) mass is 479 g/mol. The van der Waals surface area contributed by atoms with E-state index in [0.29, 0.717) is 41.7 Å². The van der Waals surface area contributed by atoms with E-state index in [4.69, 9.17) is 4.74 Å². The normalized spacial score (nSPS) is 17.7. The van der Waals surface area contributed by atoms with Crippen molar-refractivity contribution in [1.29, 1.82) is 0 Å². The highest BCUT2D eigenvalue weighted by molar-refractivity contribution is 5.95. The topological polar surface area (TPSA) is 144 Å². The van der Waals surface area contributed by atoms with Crippen molar-refractivity contribution in [2.45, 2.75) is 45.6 Å². The molecule has 1 fully saturated rings. The van der Waals surface area contributed by atoms with Crippen LogP contribution in [-0.4, -0.2) is 48.0 Å². The molecule has 1 amide bonds. The molecule has 0 saturated heterocycles. The fourth-order valence-electron chi connectivity index (χ4n) is 4.21. The van der Waals surface area contributed by atoms with Gasteiger partial charge in [0.25, 0.3) is 0 Å². The number of carbonyl (C=O) groups is 2. The van der Waals surface area contributed by atoms with Gasteiger partial charge >= 0.3 is 5.97 Å². The smallest absolute Gasteiger partial charge is 0.307 e. The first-order valence-electron chi connectivity index (χ1n) is 11.6. The zero-order chi connectivity index (χ0) is 24.9. The maximum Gasteiger partial charge on any atom is 0.307 e. The van der Waals surface area contributed by atoms with Gasteiger partial charge in [-0.15, -0.1) is 5.10 Å². The van der Waals surface area contributed by atoms with E-state index in [1.54, 1.807) is 36.3 Å². The van der Waals surface area contributed by atoms with Crippen LogP contribution in [0.1, 0.15) is 39.5 Å². The molecule has 2 heterocycles. The molecule has 11 nitrogen and oxygen atoms in total. The van der Waals surface area contributed by atoms with E-state index in [-0.39, 0.29) is 12.0 Å². The van der Waals surface area contributed by atoms with Crippen molar-refractivity contribution in [2.24, 2.45) is 18.9 Å². The molecule has 0 aliphatic heterocycles. The van der Waals surface area contributed by atoms with Gasteiger partial charge in [0.2, 0.25) is 11.8 Å². The summed E-state index contributed by atoms with van der Waals surface area (Å²) in [6.45, 7) is 3.83. The fourth-order valence-corrected chi connectivity index (χ4v) is 4.21. The summed E-state index contributed by atoms with van der Waals surface area (Å²) in [5, 5.41) is 23.9. The molecular weight excluding hydrogens is 450 g/mol. The van der Waals surface area contributed by atoms with Crippen molar-refractivity contribution >= 4 is 29.2 Å². The Morgan fingerprint density at radius 2 is 1.83 bits per heavy atom.